The first-order valence-electron chi connectivity index (χ1n) is 9.29. The third kappa shape index (κ3) is 2.91. The Kier molecular flexibility index (Phi) is 4.06. The molecule has 3 heteroatoms. The largest absolute Gasteiger partial charge is 0.482 e. The number of fused-ring (bicyclic) bond motifs is 4. The van der Waals surface area contributed by atoms with Gasteiger partial charge in [0, 0.05) is 11.1 Å². The SMILES string of the molecule is O=C(COc1ccc2ccccc2c1)OC1c2ccccc2-c2ccccc21. The van der Waals surface area contributed by atoms with Gasteiger partial charge in [-0.2, -0.15) is 0 Å². The third-order valence-corrected chi connectivity index (χ3v) is 5.10. The Labute approximate surface area is 163 Å². The number of hydrogen-bond acceptors (Lipinski definition) is 3. The van der Waals surface area contributed by atoms with Gasteiger partial charge in [0.25, 0.3) is 0 Å². The summed E-state index contributed by atoms with van der Waals surface area (Å²) in [7, 11) is 0. The summed E-state index contributed by atoms with van der Waals surface area (Å²) in [4.78, 5) is 12.5. The van der Waals surface area contributed by atoms with Crippen LogP contribution in [0.15, 0.2) is 91.0 Å². The average molecular weight is 366 g/mol. The van der Waals surface area contributed by atoms with E-state index in [9.17, 15) is 4.79 Å². The maximum Gasteiger partial charge on any atom is 0.345 e. The molecule has 4 aromatic rings. The lowest BCUT2D eigenvalue weighted by molar-refractivity contribution is -0.149. The lowest BCUT2D eigenvalue weighted by Gasteiger charge is -2.15. The van der Waals surface area contributed by atoms with Gasteiger partial charge in [-0.3, -0.25) is 0 Å². The summed E-state index contributed by atoms with van der Waals surface area (Å²) in [5.74, 6) is 0.271. The van der Waals surface area contributed by atoms with E-state index >= 15 is 0 Å². The molecule has 1 aliphatic carbocycles. The van der Waals surface area contributed by atoms with Crippen LogP contribution in [0.5, 0.6) is 5.75 Å². The molecule has 1 aliphatic rings. The van der Waals surface area contributed by atoms with Crippen LogP contribution in [-0.4, -0.2) is 12.6 Å². The van der Waals surface area contributed by atoms with Gasteiger partial charge >= 0.3 is 5.97 Å². The molecule has 0 heterocycles. The Hall–Kier alpha value is -3.59. The molecule has 0 saturated heterocycles. The molecular formula is C25H18O3. The fourth-order valence-corrected chi connectivity index (χ4v) is 3.80. The molecule has 28 heavy (non-hydrogen) atoms. The van der Waals surface area contributed by atoms with Crippen LogP contribution in [0.25, 0.3) is 21.9 Å². The summed E-state index contributed by atoms with van der Waals surface area (Å²) in [6, 6.07) is 29.9. The molecule has 5 rings (SSSR count). The highest BCUT2D eigenvalue weighted by Gasteiger charge is 2.31. The molecule has 0 unspecified atom stereocenters. The first-order chi connectivity index (χ1) is 13.8. The lowest BCUT2D eigenvalue weighted by atomic mass is 10.1. The van der Waals surface area contributed by atoms with Crippen molar-refractivity contribution in [3.63, 3.8) is 0 Å². The number of esters is 1. The number of ether oxygens (including phenoxy) is 2. The van der Waals surface area contributed by atoms with Crippen molar-refractivity contribution in [2.24, 2.45) is 0 Å². The van der Waals surface area contributed by atoms with E-state index in [0.29, 0.717) is 5.75 Å². The molecule has 0 aliphatic heterocycles. The minimum Gasteiger partial charge on any atom is -0.482 e. The third-order valence-electron chi connectivity index (χ3n) is 5.10. The molecule has 0 fully saturated rings. The van der Waals surface area contributed by atoms with Crippen LogP contribution in [0, 0.1) is 0 Å². The molecule has 4 aromatic carbocycles. The Balaban J connectivity index is 1.33. The van der Waals surface area contributed by atoms with Crippen LogP contribution in [0.3, 0.4) is 0 Å². The van der Waals surface area contributed by atoms with E-state index in [2.05, 4.69) is 12.1 Å². The molecule has 0 radical (unpaired) electrons. The van der Waals surface area contributed by atoms with Crippen LogP contribution >= 0.6 is 0 Å². The molecule has 136 valence electrons. The Morgan fingerprint density at radius 1 is 0.714 bits per heavy atom. The summed E-state index contributed by atoms with van der Waals surface area (Å²) >= 11 is 0. The number of carbonyl (C=O) groups is 1. The molecule has 0 atom stereocenters. The van der Waals surface area contributed by atoms with E-state index in [4.69, 9.17) is 9.47 Å². The van der Waals surface area contributed by atoms with Crippen LogP contribution in [0.2, 0.25) is 0 Å². The lowest BCUT2D eigenvalue weighted by Crippen LogP contribution is -2.18. The van der Waals surface area contributed by atoms with Crippen LogP contribution < -0.4 is 4.74 Å². The summed E-state index contributed by atoms with van der Waals surface area (Å²) in [5, 5.41) is 2.21. The molecule has 0 N–H and O–H groups in total. The van der Waals surface area contributed by atoms with Crippen molar-refractivity contribution in [3.8, 4) is 16.9 Å². The van der Waals surface area contributed by atoms with E-state index in [0.717, 1.165) is 33.0 Å². The van der Waals surface area contributed by atoms with Crippen molar-refractivity contribution in [1.29, 1.82) is 0 Å². The van der Waals surface area contributed by atoms with Crippen LogP contribution in [-0.2, 0) is 9.53 Å². The van der Waals surface area contributed by atoms with E-state index in [-0.39, 0.29) is 18.7 Å². The van der Waals surface area contributed by atoms with Crippen molar-refractivity contribution in [1.82, 2.24) is 0 Å². The van der Waals surface area contributed by atoms with Gasteiger partial charge in [-0.1, -0.05) is 78.9 Å². The van der Waals surface area contributed by atoms with E-state index < -0.39 is 0 Å². The van der Waals surface area contributed by atoms with Crippen molar-refractivity contribution in [3.05, 3.63) is 102 Å². The predicted octanol–water partition coefficient (Wildman–Crippen LogP) is 5.53. The zero-order valence-corrected chi connectivity index (χ0v) is 15.2. The second-order valence-electron chi connectivity index (χ2n) is 6.84. The maximum absolute atomic E-state index is 12.5. The average Bonchev–Trinajstić information content (AvgIpc) is 3.06. The van der Waals surface area contributed by atoms with Gasteiger partial charge in [0.05, 0.1) is 0 Å². The molecule has 0 bridgehead atoms. The monoisotopic (exact) mass is 366 g/mol. The summed E-state index contributed by atoms with van der Waals surface area (Å²) in [6.45, 7) is -0.126. The number of benzene rings is 4. The molecule has 0 amide bonds. The molecular weight excluding hydrogens is 348 g/mol. The van der Waals surface area contributed by atoms with E-state index in [1.54, 1.807) is 0 Å². The summed E-state index contributed by atoms with van der Waals surface area (Å²) in [5.41, 5.74) is 4.27. The number of carbonyl (C=O) groups excluding carboxylic acids is 1. The van der Waals surface area contributed by atoms with Gasteiger partial charge in [0.1, 0.15) is 5.75 Å². The highest BCUT2D eigenvalue weighted by Crippen LogP contribution is 2.45. The quantitative estimate of drug-likeness (QED) is 0.445. The summed E-state index contributed by atoms with van der Waals surface area (Å²) in [6.07, 6.45) is -0.389. The second-order valence-corrected chi connectivity index (χ2v) is 6.84. The second kappa shape index (κ2) is 6.86. The van der Waals surface area contributed by atoms with Crippen molar-refractivity contribution < 1.29 is 14.3 Å². The molecule has 0 saturated carbocycles. The van der Waals surface area contributed by atoms with Crippen molar-refractivity contribution >= 4 is 16.7 Å². The maximum atomic E-state index is 12.5. The normalized spacial score (nSPS) is 12.4. The van der Waals surface area contributed by atoms with Gasteiger partial charge < -0.3 is 9.47 Å². The first-order valence-corrected chi connectivity index (χ1v) is 9.29. The standard InChI is InChI=1S/C25H18O3/c26-24(16-27-19-14-13-17-7-1-2-8-18(17)15-19)28-25-22-11-5-3-9-20(22)21-10-4-6-12-23(21)25/h1-15,25H,16H2. The summed E-state index contributed by atoms with van der Waals surface area (Å²) < 4.78 is 11.5. The Bertz CT molecular complexity index is 1130. The van der Waals surface area contributed by atoms with Crippen LogP contribution in [0.1, 0.15) is 17.2 Å². The molecule has 3 nitrogen and oxygen atoms in total. The fraction of sp³-hybridized carbons (Fsp3) is 0.0800. The van der Waals surface area contributed by atoms with Gasteiger partial charge in [-0.15, -0.1) is 0 Å². The number of rotatable bonds is 4. The minimum atomic E-state index is -0.389. The van der Waals surface area contributed by atoms with Crippen LogP contribution in [0.4, 0.5) is 0 Å². The Morgan fingerprint density at radius 2 is 1.32 bits per heavy atom. The minimum absolute atomic E-state index is 0.126. The molecule has 0 spiro atoms. The van der Waals surface area contributed by atoms with Gasteiger partial charge in [0.2, 0.25) is 0 Å². The van der Waals surface area contributed by atoms with E-state index in [1.807, 2.05) is 78.9 Å². The molecule has 0 aromatic heterocycles. The zero-order chi connectivity index (χ0) is 18.9. The highest BCUT2D eigenvalue weighted by molar-refractivity contribution is 5.84. The number of hydrogen-bond donors (Lipinski definition) is 0. The Morgan fingerprint density at radius 3 is 2.04 bits per heavy atom. The van der Waals surface area contributed by atoms with E-state index in [1.165, 1.54) is 0 Å². The highest BCUT2D eigenvalue weighted by atomic mass is 16.6. The zero-order valence-electron chi connectivity index (χ0n) is 15.2. The van der Waals surface area contributed by atoms with Gasteiger partial charge in [0.15, 0.2) is 12.7 Å². The first kappa shape index (κ1) is 16.6. The fourth-order valence-electron chi connectivity index (χ4n) is 3.80. The van der Waals surface area contributed by atoms with Gasteiger partial charge in [-0.05, 0) is 34.0 Å². The topological polar surface area (TPSA) is 35.5 Å². The van der Waals surface area contributed by atoms with Gasteiger partial charge in [-0.25, -0.2) is 4.79 Å². The smallest absolute Gasteiger partial charge is 0.345 e. The predicted molar refractivity (Wildman–Crippen MR) is 109 cm³/mol. The van der Waals surface area contributed by atoms with Crippen molar-refractivity contribution in [2.75, 3.05) is 6.61 Å². The van der Waals surface area contributed by atoms with Crippen molar-refractivity contribution in [2.45, 2.75) is 6.10 Å².